The Balaban J connectivity index is 2.20. The van der Waals surface area contributed by atoms with Crippen molar-refractivity contribution in [2.45, 2.75) is 51.1 Å². The summed E-state index contributed by atoms with van der Waals surface area (Å²) in [7, 11) is 1.92. The zero-order valence-electron chi connectivity index (χ0n) is 11.4. The lowest BCUT2D eigenvalue weighted by Crippen LogP contribution is -2.43. The Hall–Kier alpha value is -0.220. The summed E-state index contributed by atoms with van der Waals surface area (Å²) in [5.74, 6) is 1.35. The molecule has 0 radical (unpaired) electrons. The maximum absolute atomic E-state index is 12.0. The summed E-state index contributed by atoms with van der Waals surface area (Å²) in [5, 5.41) is 3.38. The highest BCUT2D eigenvalue weighted by Crippen LogP contribution is 2.17. The number of amides is 1. The fraction of sp³-hybridized carbons (Fsp3) is 0.923. The first-order valence-electron chi connectivity index (χ1n) is 6.63. The Morgan fingerprint density at radius 2 is 2.12 bits per heavy atom. The van der Waals surface area contributed by atoms with Crippen molar-refractivity contribution in [2.75, 3.05) is 25.6 Å². The van der Waals surface area contributed by atoms with Crippen molar-refractivity contribution in [3.05, 3.63) is 0 Å². The molecule has 100 valence electrons. The van der Waals surface area contributed by atoms with Gasteiger partial charge in [-0.15, -0.1) is 0 Å². The van der Waals surface area contributed by atoms with Crippen LogP contribution >= 0.6 is 11.8 Å². The lowest BCUT2D eigenvalue weighted by Gasteiger charge is -2.25. The predicted octanol–water partition coefficient (Wildman–Crippen LogP) is 2.12. The average molecular weight is 258 g/mol. The minimum absolute atomic E-state index is 0.227. The molecule has 17 heavy (non-hydrogen) atoms. The van der Waals surface area contributed by atoms with Crippen LogP contribution in [0, 0.1) is 0 Å². The van der Waals surface area contributed by atoms with E-state index >= 15 is 0 Å². The van der Waals surface area contributed by atoms with Crippen LogP contribution in [0.2, 0.25) is 0 Å². The first-order valence-corrected chi connectivity index (χ1v) is 8.02. The van der Waals surface area contributed by atoms with E-state index in [4.69, 9.17) is 0 Å². The first-order chi connectivity index (χ1) is 8.15. The van der Waals surface area contributed by atoms with Crippen molar-refractivity contribution >= 4 is 17.7 Å². The Labute approximate surface area is 110 Å². The Morgan fingerprint density at radius 3 is 2.71 bits per heavy atom. The molecule has 0 spiro atoms. The van der Waals surface area contributed by atoms with Gasteiger partial charge in [0, 0.05) is 19.1 Å². The number of likely N-dealkylation sites (N-methyl/N-ethyl adjacent to an activating group) is 1. The van der Waals surface area contributed by atoms with E-state index in [1.807, 2.05) is 23.7 Å². The van der Waals surface area contributed by atoms with Gasteiger partial charge in [-0.1, -0.05) is 12.8 Å². The number of hydrogen-bond donors (Lipinski definition) is 1. The van der Waals surface area contributed by atoms with E-state index in [0.29, 0.717) is 18.6 Å². The van der Waals surface area contributed by atoms with E-state index in [0.717, 1.165) is 12.2 Å². The molecule has 1 amide bonds. The van der Waals surface area contributed by atoms with Gasteiger partial charge >= 0.3 is 0 Å². The zero-order valence-corrected chi connectivity index (χ0v) is 12.2. The number of carbonyl (C=O) groups excluding carboxylic acids is 1. The molecule has 1 aliphatic carbocycles. The molecule has 1 unspecified atom stereocenters. The molecular weight excluding hydrogens is 232 g/mol. The molecule has 3 nitrogen and oxygen atoms in total. The summed E-state index contributed by atoms with van der Waals surface area (Å²) in [6.45, 7) is 2.63. The van der Waals surface area contributed by atoms with Gasteiger partial charge in [0.05, 0.1) is 6.54 Å². The maximum Gasteiger partial charge on any atom is 0.236 e. The molecule has 1 atom stereocenters. The molecule has 0 bridgehead atoms. The average Bonchev–Trinajstić information content (AvgIpc) is 2.85. The van der Waals surface area contributed by atoms with E-state index in [2.05, 4.69) is 18.5 Å². The molecule has 1 aliphatic rings. The highest BCUT2D eigenvalue weighted by atomic mass is 32.2. The third-order valence-corrected chi connectivity index (χ3v) is 4.34. The van der Waals surface area contributed by atoms with E-state index in [1.165, 1.54) is 25.7 Å². The highest BCUT2D eigenvalue weighted by Gasteiger charge is 2.18. The SMILES string of the molecule is CSCCC(C)N(C)C(=O)CNC1CCCC1. The molecule has 0 aliphatic heterocycles. The van der Waals surface area contributed by atoms with Crippen LogP contribution in [0.25, 0.3) is 0 Å². The molecule has 1 fully saturated rings. The number of nitrogens with one attached hydrogen (secondary N) is 1. The number of hydrogen-bond acceptors (Lipinski definition) is 3. The summed E-state index contributed by atoms with van der Waals surface area (Å²) in [6, 6.07) is 0.925. The monoisotopic (exact) mass is 258 g/mol. The van der Waals surface area contributed by atoms with Crippen LogP contribution < -0.4 is 5.32 Å². The van der Waals surface area contributed by atoms with Crippen molar-refractivity contribution in [1.82, 2.24) is 10.2 Å². The van der Waals surface area contributed by atoms with Crippen LogP contribution in [0.15, 0.2) is 0 Å². The predicted molar refractivity (Wildman–Crippen MR) is 75.5 cm³/mol. The van der Waals surface area contributed by atoms with Gasteiger partial charge in [0.1, 0.15) is 0 Å². The van der Waals surface area contributed by atoms with Gasteiger partial charge in [-0.3, -0.25) is 4.79 Å². The van der Waals surface area contributed by atoms with Gasteiger partial charge in [-0.05, 0) is 38.2 Å². The van der Waals surface area contributed by atoms with Gasteiger partial charge in [0.2, 0.25) is 5.91 Å². The fourth-order valence-corrected chi connectivity index (χ4v) is 2.79. The van der Waals surface area contributed by atoms with Gasteiger partial charge in [-0.25, -0.2) is 0 Å². The standard InChI is InChI=1S/C13H26N2OS/c1-11(8-9-17-3)15(2)13(16)10-14-12-6-4-5-7-12/h11-12,14H,4-10H2,1-3H3. The molecule has 1 N–H and O–H groups in total. The van der Waals surface area contributed by atoms with Crippen molar-refractivity contribution in [2.24, 2.45) is 0 Å². The lowest BCUT2D eigenvalue weighted by atomic mass is 10.2. The summed E-state index contributed by atoms with van der Waals surface area (Å²) >= 11 is 1.84. The second-order valence-corrected chi connectivity index (χ2v) is 5.98. The van der Waals surface area contributed by atoms with Gasteiger partial charge in [0.15, 0.2) is 0 Å². The first kappa shape index (κ1) is 14.8. The molecule has 0 aromatic carbocycles. The molecule has 0 heterocycles. The molecular formula is C13H26N2OS. The van der Waals surface area contributed by atoms with Crippen LogP contribution in [0.4, 0.5) is 0 Å². The Morgan fingerprint density at radius 1 is 1.47 bits per heavy atom. The van der Waals surface area contributed by atoms with Gasteiger partial charge in [0.25, 0.3) is 0 Å². The van der Waals surface area contributed by atoms with Crippen LogP contribution in [-0.2, 0) is 4.79 Å². The highest BCUT2D eigenvalue weighted by molar-refractivity contribution is 7.98. The number of thioether (sulfide) groups is 1. The minimum atomic E-state index is 0.227. The molecule has 0 saturated heterocycles. The summed E-state index contributed by atoms with van der Waals surface area (Å²) in [6.07, 6.45) is 8.28. The Bertz CT molecular complexity index is 229. The van der Waals surface area contributed by atoms with Crippen molar-refractivity contribution in [3.8, 4) is 0 Å². The third kappa shape index (κ3) is 5.30. The molecule has 4 heteroatoms. The molecule has 0 aromatic heterocycles. The van der Waals surface area contributed by atoms with E-state index < -0.39 is 0 Å². The smallest absolute Gasteiger partial charge is 0.236 e. The summed E-state index contributed by atoms with van der Waals surface area (Å²) in [4.78, 5) is 13.8. The van der Waals surface area contributed by atoms with E-state index in [1.54, 1.807) is 0 Å². The number of nitrogens with zero attached hydrogens (tertiary/aromatic N) is 1. The third-order valence-electron chi connectivity index (χ3n) is 3.69. The quantitative estimate of drug-likeness (QED) is 0.759. The summed E-state index contributed by atoms with van der Waals surface area (Å²) < 4.78 is 0. The van der Waals surface area contributed by atoms with Crippen LogP contribution in [0.1, 0.15) is 39.0 Å². The number of carbonyl (C=O) groups is 1. The molecule has 1 saturated carbocycles. The normalized spacial score (nSPS) is 18.3. The van der Waals surface area contributed by atoms with Crippen molar-refractivity contribution in [1.29, 1.82) is 0 Å². The topological polar surface area (TPSA) is 32.3 Å². The largest absolute Gasteiger partial charge is 0.342 e. The molecule has 1 rings (SSSR count). The van der Waals surface area contributed by atoms with Crippen molar-refractivity contribution in [3.63, 3.8) is 0 Å². The van der Waals surface area contributed by atoms with Crippen molar-refractivity contribution < 1.29 is 4.79 Å². The van der Waals surface area contributed by atoms with E-state index in [-0.39, 0.29) is 5.91 Å². The van der Waals surface area contributed by atoms with Crippen LogP contribution in [0.3, 0.4) is 0 Å². The summed E-state index contributed by atoms with van der Waals surface area (Å²) in [5.41, 5.74) is 0. The molecule has 0 aromatic rings. The van der Waals surface area contributed by atoms with Gasteiger partial charge in [-0.2, -0.15) is 11.8 Å². The second kappa shape index (κ2) is 7.98. The van der Waals surface area contributed by atoms with E-state index in [9.17, 15) is 4.79 Å². The number of rotatable bonds is 7. The second-order valence-electron chi connectivity index (χ2n) is 5.00. The Kier molecular flexibility index (Phi) is 6.97. The van der Waals surface area contributed by atoms with Crippen LogP contribution in [0.5, 0.6) is 0 Å². The lowest BCUT2D eigenvalue weighted by molar-refractivity contribution is -0.130. The zero-order chi connectivity index (χ0) is 12.7. The van der Waals surface area contributed by atoms with Crippen LogP contribution in [-0.4, -0.2) is 48.5 Å². The minimum Gasteiger partial charge on any atom is -0.342 e. The fourth-order valence-electron chi connectivity index (χ4n) is 2.21. The maximum atomic E-state index is 12.0. The van der Waals surface area contributed by atoms with Gasteiger partial charge < -0.3 is 10.2 Å².